The van der Waals surface area contributed by atoms with Gasteiger partial charge in [0, 0.05) is 13.0 Å². The molecule has 1 unspecified atom stereocenters. The highest BCUT2D eigenvalue weighted by atomic mass is 16.4. The highest BCUT2D eigenvalue weighted by Crippen LogP contribution is 2.31. The van der Waals surface area contributed by atoms with Crippen LogP contribution >= 0.6 is 0 Å². The second-order valence-corrected chi connectivity index (χ2v) is 3.71. The summed E-state index contributed by atoms with van der Waals surface area (Å²) in [7, 11) is 0. The number of nitrogens with one attached hydrogen (secondary N) is 1. The molecule has 4 nitrogen and oxygen atoms in total. The van der Waals surface area contributed by atoms with Crippen molar-refractivity contribution in [3.8, 4) is 0 Å². The van der Waals surface area contributed by atoms with Gasteiger partial charge in [0.15, 0.2) is 0 Å². The maximum absolute atomic E-state index is 11.3. The number of carbonyl (C=O) groups is 2. The van der Waals surface area contributed by atoms with Gasteiger partial charge in [-0.1, -0.05) is 30.3 Å². The Morgan fingerprint density at radius 2 is 2.00 bits per heavy atom. The van der Waals surface area contributed by atoms with Crippen molar-refractivity contribution >= 4 is 11.9 Å². The third-order valence-electron chi connectivity index (χ3n) is 2.79. The highest BCUT2D eigenvalue weighted by Gasteiger charge is 2.46. The summed E-state index contributed by atoms with van der Waals surface area (Å²) in [6.45, 7) is 0.172. The van der Waals surface area contributed by atoms with Crippen molar-refractivity contribution in [3.05, 3.63) is 35.9 Å². The summed E-state index contributed by atoms with van der Waals surface area (Å²) in [6.07, 6.45) is 0.0202. The Hall–Kier alpha value is -1.84. The summed E-state index contributed by atoms with van der Waals surface area (Å²) in [5.41, 5.74) is -0.408. The second-order valence-electron chi connectivity index (χ2n) is 3.71. The van der Waals surface area contributed by atoms with Crippen LogP contribution in [0.25, 0.3) is 0 Å². The predicted octanol–water partition coefficient (Wildman–Crippen LogP) is 0.529. The molecule has 78 valence electrons. The number of hydrogen-bond donors (Lipinski definition) is 2. The standard InChI is InChI=1S/C11H11NO3/c13-9-6-11(7-12-9,10(14)15)8-4-2-1-3-5-8/h1-5H,6-7H2,(H,12,13)(H,14,15). The normalized spacial score (nSPS) is 24.9. The summed E-state index contributed by atoms with van der Waals surface area (Å²) >= 11 is 0. The van der Waals surface area contributed by atoms with E-state index in [-0.39, 0.29) is 18.9 Å². The molecule has 1 fully saturated rings. The van der Waals surface area contributed by atoms with E-state index >= 15 is 0 Å². The van der Waals surface area contributed by atoms with Gasteiger partial charge in [-0.15, -0.1) is 0 Å². The number of carboxylic acid groups (broad SMARTS) is 1. The lowest BCUT2D eigenvalue weighted by Crippen LogP contribution is -2.37. The summed E-state index contributed by atoms with van der Waals surface area (Å²) in [5.74, 6) is -1.16. The van der Waals surface area contributed by atoms with Crippen LogP contribution in [0.1, 0.15) is 12.0 Å². The van der Waals surface area contributed by atoms with E-state index in [1.807, 2.05) is 6.07 Å². The van der Waals surface area contributed by atoms with Crippen LogP contribution in [-0.4, -0.2) is 23.5 Å². The van der Waals surface area contributed by atoms with E-state index in [1.54, 1.807) is 24.3 Å². The molecule has 0 saturated carbocycles. The molecule has 2 rings (SSSR count). The molecular formula is C11H11NO3. The predicted molar refractivity (Wildman–Crippen MR) is 53.4 cm³/mol. The first-order valence-electron chi connectivity index (χ1n) is 4.71. The molecule has 1 atom stereocenters. The van der Waals surface area contributed by atoms with Crippen molar-refractivity contribution in [3.63, 3.8) is 0 Å². The minimum atomic E-state index is -1.08. The molecule has 1 aromatic carbocycles. The SMILES string of the molecule is O=C1CC(C(=O)O)(c2ccccc2)CN1. The molecule has 1 amide bonds. The van der Waals surface area contributed by atoms with Gasteiger partial charge in [0.2, 0.25) is 5.91 Å². The third-order valence-corrected chi connectivity index (χ3v) is 2.79. The molecule has 0 aromatic heterocycles. The lowest BCUT2D eigenvalue weighted by Gasteiger charge is -2.21. The maximum atomic E-state index is 11.3. The Kier molecular flexibility index (Phi) is 2.19. The van der Waals surface area contributed by atoms with Crippen molar-refractivity contribution in [2.75, 3.05) is 6.54 Å². The first-order valence-corrected chi connectivity index (χ1v) is 4.71. The molecule has 0 radical (unpaired) electrons. The van der Waals surface area contributed by atoms with E-state index in [2.05, 4.69) is 5.32 Å². The van der Waals surface area contributed by atoms with Gasteiger partial charge in [0.1, 0.15) is 5.41 Å². The van der Waals surface area contributed by atoms with Crippen LogP contribution in [0.3, 0.4) is 0 Å². The zero-order chi connectivity index (χ0) is 10.9. The van der Waals surface area contributed by atoms with E-state index in [0.29, 0.717) is 5.56 Å². The van der Waals surface area contributed by atoms with Gasteiger partial charge >= 0.3 is 5.97 Å². The first-order chi connectivity index (χ1) is 7.15. The van der Waals surface area contributed by atoms with Crippen LogP contribution in [0.5, 0.6) is 0 Å². The van der Waals surface area contributed by atoms with Crippen LogP contribution in [0.4, 0.5) is 0 Å². The maximum Gasteiger partial charge on any atom is 0.316 e. The van der Waals surface area contributed by atoms with Gasteiger partial charge < -0.3 is 10.4 Å². The van der Waals surface area contributed by atoms with Gasteiger partial charge in [-0.3, -0.25) is 9.59 Å². The van der Waals surface area contributed by atoms with Crippen molar-refractivity contribution < 1.29 is 14.7 Å². The van der Waals surface area contributed by atoms with Crippen molar-refractivity contribution in [2.45, 2.75) is 11.8 Å². The van der Waals surface area contributed by atoms with Crippen LogP contribution in [-0.2, 0) is 15.0 Å². The average Bonchev–Trinajstić information content (AvgIpc) is 2.63. The summed E-state index contributed by atoms with van der Waals surface area (Å²) < 4.78 is 0. The largest absolute Gasteiger partial charge is 0.481 e. The van der Waals surface area contributed by atoms with Crippen molar-refractivity contribution in [2.24, 2.45) is 0 Å². The fourth-order valence-corrected chi connectivity index (χ4v) is 1.88. The van der Waals surface area contributed by atoms with Gasteiger partial charge in [-0.05, 0) is 5.56 Å². The van der Waals surface area contributed by atoms with E-state index in [4.69, 9.17) is 0 Å². The van der Waals surface area contributed by atoms with E-state index < -0.39 is 11.4 Å². The number of carboxylic acids is 1. The molecule has 0 aliphatic carbocycles. The third kappa shape index (κ3) is 1.48. The number of aliphatic carboxylic acids is 1. The molecule has 2 N–H and O–H groups in total. The average molecular weight is 205 g/mol. The quantitative estimate of drug-likeness (QED) is 0.740. The molecule has 4 heteroatoms. The van der Waals surface area contributed by atoms with Gasteiger partial charge in [-0.25, -0.2) is 0 Å². The fraction of sp³-hybridized carbons (Fsp3) is 0.273. The van der Waals surface area contributed by atoms with E-state index in [0.717, 1.165) is 0 Å². The van der Waals surface area contributed by atoms with Gasteiger partial charge in [0.05, 0.1) is 0 Å². The second kappa shape index (κ2) is 3.38. The number of benzene rings is 1. The Labute approximate surface area is 86.9 Å². The lowest BCUT2D eigenvalue weighted by atomic mass is 9.80. The minimum Gasteiger partial charge on any atom is -0.481 e. The number of rotatable bonds is 2. The molecule has 15 heavy (non-hydrogen) atoms. The first kappa shape index (κ1) is 9.71. The molecule has 1 heterocycles. The zero-order valence-electron chi connectivity index (χ0n) is 8.06. The van der Waals surface area contributed by atoms with Crippen LogP contribution in [0.15, 0.2) is 30.3 Å². The Balaban J connectivity index is 2.45. The van der Waals surface area contributed by atoms with E-state index in [1.165, 1.54) is 0 Å². The van der Waals surface area contributed by atoms with Crippen LogP contribution < -0.4 is 5.32 Å². The monoisotopic (exact) mass is 205 g/mol. The summed E-state index contributed by atoms with van der Waals surface area (Å²) in [5, 5.41) is 11.8. The lowest BCUT2D eigenvalue weighted by molar-refractivity contribution is -0.143. The Morgan fingerprint density at radius 1 is 1.33 bits per heavy atom. The smallest absolute Gasteiger partial charge is 0.316 e. The molecule has 0 spiro atoms. The summed E-state index contributed by atoms with van der Waals surface area (Å²) in [4.78, 5) is 22.4. The molecule has 1 aliphatic heterocycles. The molecule has 1 saturated heterocycles. The highest BCUT2D eigenvalue weighted by molar-refractivity contribution is 5.93. The van der Waals surface area contributed by atoms with Crippen LogP contribution in [0.2, 0.25) is 0 Å². The number of carbonyl (C=O) groups excluding carboxylic acids is 1. The molecule has 1 aliphatic rings. The number of amides is 1. The summed E-state index contributed by atoms with van der Waals surface area (Å²) in [6, 6.07) is 8.87. The topological polar surface area (TPSA) is 66.4 Å². The van der Waals surface area contributed by atoms with Crippen molar-refractivity contribution in [1.82, 2.24) is 5.32 Å². The molecular weight excluding hydrogens is 194 g/mol. The zero-order valence-corrected chi connectivity index (χ0v) is 8.06. The van der Waals surface area contributed by atoms with Gasteiger partial charge in [0.25, 0.3) is 0 Å². The Morgan fingerprint density at radius 3 is 2.47 bits per heavy atom. The minimum absolute atomic E-state index is 0.0202. The van der Waals surface area contributed by atoms with Crippen molar-refractivity contribution in [1.29, 1.82) is 0 Å². The Bertz CT molecular complexity index is 402. The van der Waals surface area contributed by atoms with E-state index in [9.17, 15) is 14.7 Å². The molecule has 0 bridgehead atoms. The number of hydrogen-bond acceptors (Lipinski definition) is 2. The fourth-order valence-electron chi connectivity index (χ4n) is 1.88. The van der Waals surface area contributed by atoms with Gasteiger partial charge in [-0.2, -0.15) is 0 Å². The van der Waals surface area contributed by atoms with Crippen LogP contribution in [0, 0.1) is 0 Å². The molecule has 1 aromatic rings.